The second-order valence-electron chi connectivity index (χ2n) is 5.38. The zero-order chi connectivity index (χ0) is 15.8. The third kappa shape index (κ3) is 6.59. The van der Waals surface area contributed by atoms with Crippen LogP contribution in [-0.2, 0) is 13.1 Å². The average Bonchev–Trinajstić information content (AvgIpc) is 3.18. The maximum absolute atomic E-state index is 5.29. The van der Waals surface area contributed by atoms with Crippen LogP contribution in [0, 0.1) is 0 Å². The van der Waals surface area contributed by atoms with Gasteiger partial charge < -0.3 is 19.7 Å². The number of hydrogen-bond donors (Lipinski definition) is 2. The lowest BCUT2D eigenvalue weighted by molar-refractivity contribution is 0.372. The first-order chi connectivity index (χ1) is 10.7. The molecule has 0 amide bonds. The second-order valence-corrected chi connectivity index (χ2v) is 5.38. The number of hydrogen-bond acceptors (Lipinski definition) is 4. The molecule has 0 saturated carbocycles. The van der Waals surface area contributed by atoms with Gasteiger partial charge in [0.05, 0.1) is 18.6 Å². The summed E-state index contributed by atoms with van der Waals surface area (Å²) in [5.74, 6) is 1.94. The molecule has 0 atom stereocenters. The van der Waals surface area contributed by atoms with E-state index in [4.69, 9.17) is 4.52 Å². The number of imidazole rings is 1. The Morgan fingerprint density at radius 3 is 2.83 bits per heavy atom. The SMILES string of the molecule is CN=C(NCCCn1ccnc1)NCc1cc(C(C)C)no1.I. The molecule has 23 heavy (non-hydrogen) atoms. The van der Waals surface area contributed by atoms with Gasteiger partial charge in [0.2, 0.25) is 0 Å². The highest BCUT2D eigenvalue weighted by Gasteiger charge is 2.07. The lowest BCUT2D eigenvalue weighted by Gasteiger charge is -2.10. The summed E-state index contributed by atoms with van der Waals surface area (Å²) >= 11 is 0. The third-order valence-electron chi connectivity index (χ3n) is 3.27. The Morgan fingerprint density at radius 1 is 1.39 bits per heavy atom. The van der Waals surface area contributed by atoms with E-state index in [1.807, 2.05) is 18.6 Å². The molecule has 8 heteroatoms. The fourth-order valence-electron chi connectivity index (χ4n) is 1.96. The van der Waals surface area contributed by atoms with Crippen molar-refractivity contribution in [1.29, 1.82) is 0 Å². The van der Waals surface area contributed by atoms with E-state index in [0.717, 1.165) is 36.9 Å². The summed E-state index contributed by atoms with van der Waals surface area (Å²) in [6, 6.07) is 1.98. The van der Waals surface area contributed by atoms with E-state index in [-0.39, 0.29) is 24.0 Å². The van der Waals surface area contributed by atoms with E-state index in [2.05, 4.69) is 44.2 Å². The molecular weight excluding hydrogens is 407 g/mol. The number of nitrogens with zero attached hydrogens (tertiary/aromatic N) is 4. The fraction of sp³-hybridized carbons (Fsp3) is 0.533. The van der Waals surface area contributed by atoms with Crippen LogP contribution in [0.2, 0.25) is 0 Å². The number of nitrogens with one attached hydrogen (secondary N) is 2. The van der Waals surface area contributed by atoms with Crippen LogP contribution < -0.4 is 10.6 Å². The Hall–Kier alpha value is -1.58. The third-order valence-corrected chi connectivity index (χ3v) is 3.27. The minimum Gasteiger partial charge on any atom is -0.359 e. The number of aryl methyl sites for hydroxylation is 1. The molecule has 128 valence electrons. The van der Waals surface area contributed by atoms with E-state index in [9.17, 15) is 0 Å². The summed E-state index contributed by atoms with van der Waals surface area (Å²) in [5.41, 5.74) is 0.972. The topological polar surface area (TPSA) is 80.3 Å². The lowest BCUT2D eigenvalue weighted by atomic mass is 10.1. The van der Waals surface area contributed by atoms with Gasteiger partial charge in [-0.05, 0) is 12.3 Å². The minimum absolute atomic E-state index is 0. The van der Waals surface area contributed by atoms with Gasteiger partial charge in [-0.2, -0.15) is 0 Å². The highest BCUT2D eigenvalue weighted by Crippen LogP contribution is 2.13. The normalized spacial score (nSPS) is 11.4. The summed E-state index contributed by atoms with van der Waals surface area (Å²) in [6.07, 6.45) is 6.57. The van der Waals surface area contributed by atoms with Gasteiger partial charge in [0.25, 0.3) is 0 Å². The number of halogens is 1. The molecule has 2 aromatic heterocycles. The number of aliphatic imine (C=N–C) groups is 1. The van der Waals surface area contributed by atoms with Crippen molar-refractivity contribution in [3.05, 3.63) is 36.2 Å². The molecule has 0 fully saturated rings. The zero-order valence-electron chi connectivity index (χ0n) is 13.8. The van der Waals surface area contributed by atoms with Crippen molar-refractivity contribution in [3.63, 3.8) is 0 Å². The maximum atomic E-state index is 5.29. The van der Waals surface area contributed by atoms with Gasteiger partial charge in [-0.1, -0.05) is 19.0 Å². The molecule has 0 spiro atoms. The van der Waals surface area contributed by atoms with Gasteiger partial charge in [0, 0.05) is 38.6 Å². The van der Waals surface area contributed by atoms with Crippen LogP contribution in [0.3, 0.4) is 0 Å². The van der Waals surface area contributed by atoms with Gasteiger partial charge in [-0.25, -0.2) is 4.98 Å². The number of guanidine groups is 1. The van der Waals surface area contributed by atoms with Crippen LogP contribution in [0.4, 0.5) is 0 Å². The molecule has 7 nitrogen and oxygen atoms in total. The summed E-state index contributed by atoms with van der Waals surface area (Å²) in [6.45, 7) is 6.53. The van der Waals surface area contributed by atoms with Crippen molar-refractivity contribution in [2.75, 3.05) is 13.6 Å². The van der Waals surface area contributed by atoms with Crippen molar-refractivity contribution >= 4 is 29.9 Å². The van der Waals surface area contributed by atoms with Crippen molar-refractivity contribution in [2.24, 2.45) is 4.99 Å². The molecular formula is C15H25IN6O. The predicted octanol–water partition coefficient (Wildman–Crippen LogP) is 2.37. The monoisotopic (exact) mass is 432 g/mol. The average molecular weight is 432 g/mol. The first-order valence-electron chi connectivity index (χ1n) is 7.54. The highest BCUT2D eigenvalue weighted by molar-refractivity contribution is 14.0. The van der Waals surface area contributed by atoms with Crippen LogP contribution in [0.5, 0.6) is 0 Å². The maximum Gasteiger partial charge on any atom is 0.191 e. The Kier molecular flexibility index (Phi) is 8.67. The molecule has 0 aliphatic carbocycles. The van der Waals surface area contributed by atoms with Crippen LogP contribution >= 0.6 is 24.0 Å². The minimum atomic E-state index is 0. The van der Waals surface area contributed by atoms with E-state index in [0.29, 0.717) is 12.5 Å². The van der Waals surface area contributed by atoms with Crippen molar-refractivity contribution in [3.8, 4) is 0 Å². The lowest BCUT2D eigenvalue weighted by Crippen LogP contribution is -2.37. The first-order valence-corrected chi connectivity index (χ1v) is 7.54. The fourth-order valence-corrected chi connectivity index (χ4v) is 1.96. The smallest absolute Gasteiger partial charge is 0.191 e. The predicted molar refractivity (Wildman–Crippen MR) is 101 cm³/mol. The molecule has 2 N–H and O–H groups in total. The molecule has 0 saturated heterocycles. The Labute approximate surface area is 154 Å². The van der Waals surface area contributed by atoms with Crippen molar-refractivity contribution < 1.29 is 4.52 Å². The molecule has 2 heterocycles. The van der Waals surface area contributed by atoms with Gasteiger partial charge in [0.15, 0.2) is 11.7 Å². The van der Waals surface area contributed by atoms with Crippen molar-refractivity contribution in [2.45, 2.75) is 39.3 Å². The molecule has 0 aromatic carbocycles. The van der Waals surface area contributed by atoms with Gasteiger partial charge in [-0.15, -0.1) is 24.0 Å². The summed E-state index contributed by atoms with van der Waals surface area (Å²) < 4.78 is 7.35. The van der Waals surface area contributed by atoms with E-state index >= 15 is 0 Å². The van der Waals surface area contributed by atoms with Crippen LogP contribution in [0.25, 0.3) is 0 Å². The summed E-state index contributed by atoms with van der Waals surface area (Å²) in [7, 11) is 1.76. The van der Waals surface area contributed by atoms with E-state index in [1.54, 1.807) is 13.2 Å². The van der Waals surface area contributed by atoms with E-state index < -0.39 is 0 Å². The molecule has 2 aromatic rings. The second kappa shape index (κ2) is 10.2. The molecule has 0 radical (unpaired) electrons. The quantitative estimate of drug-likeness (QED) is 0.304. The van der Waals surface area contributed by atoms with Crippen LogP contribution in [-0.4, -0.2) is 34.3 Å². The van der Waals surface area contributed by atoms with Crippen LogP contribution in [0.1, 0.15) is 37.6 Å². The Bertz CT molecular complexity index is 579. The molecule has 0 aliphatic heterocycles. The molecule has 2 rings (SSSR count). The first kappa shape index (κ1) is 19.5. The molecule has 0 unspecified atom stereocenters. The Morgan fingerprint density at radius 2 is 2.22 bits per heavy atom. The number of rotatable bonds is 7. The molecule has 0 bridgehead atoms. The highest BCUT2D eigenvalue weighted by atomic mass is 127. The Balaban J connectivity index is 0.00000264. The van der Waals surface area contributed by atoms with E-state index in [1.165, 1.54) is 0 Å². The van der Waals surface area contributed by atoms with Gasteiger partial charge in [0.1, 0.15) is 0 Å². The van der Waals surface area contributed by atoms with Gasteiger partial charge in [-0.3, -0.25) is 4.99 Å². The summed E-state index contributed by atoms with van der Waals surface area (Å²) in [4.78, 5) is 8.21. The number of aromatic nitrogens is 3. The standard InChI is InChI=1S/C15H24N6O.HI/c1-12(2)14-9-13(22-20-14)10-19-15(16-3)18-5-4-7-21-8-6-17-11-21;/h6,8-9,11-12H,4-5,7,10H2,1-3H3,(H2,16,18,19);1H. The molecule has 0 aliphatic rings. The summed E-state index contributed by atoms with van der Waals surface area (Å²) in [5, 5.41) is 10.5. The zero-order valence-corrected chi connectivity index (χ0v) is 16.2. The van der Waals surface area contributed by atoms with Crippen LogP contribution in [0.15, 0.2) is 34.3 Å². The van der Waals surface area contributed by atoms with Gasteiger partial charge >= 0.3 is 0 Å². The van der Waals surface area contributed by atoms with Crippen molar-refractivity contribution in [1.82, 2.24) is 25.3 Å². The largest absolute Gasteiger partial charge is 0.359 e.